The van der Waals surface area contributed by atoms with Crippen molar-refractivity contribution < 1.29 is 8.78 Å². The highest BCUT2D eigenvalue weighted by Crippen LogP contribution is 2.23. The quantitative estimate of drug-likeness (QED) is 0.546. The number of hydrogen-bond donors (Lipinski definition) is 1. The van der Waals surface area contributed by atoms with Gasteiger partial charge in [0.15, 0.2) is 0 Å². The van der Waals surface area contributed by atoms with Crippen molar-refractivity contribution >= 4 is 43.2 Å². The van der Waals surface area contributed by atoms with Gasteiger partial charge < -0.3 is 5.32 Å². The zero-order chi connectivity index (χ0) is 13.8. The fourth-order valence-electron chi connectivity index (χ4n) is 1.64. The Bertz CT molecular complexity index is 572. The molecule has 1 aromatic carbocycles. The van der Waals surface area contributed by atoms with Gasteiger partial charge in [-0.15, -0.1) is 11.3 Å². The molecule has 19 heavy (non-hydrogen) atoms. The monoisotopic (exact) mass is 409 g/mol. The molecule has 2 aromatic rings. The van der Waals surface area contributed by atoms with E-state index < -0.39 is 11.6 Å². The largest absolute Gasteiger partial charge is 0.312 e. The zero-order valence-electron chi connectivity index (χ0n) is 9.85. The average molecular weight is 411 g/mol. The van der Waals surface area contributed by atoms with Crippen molar-refractivity contribution in [1.29, 1.82) is 0 Å². The number of hydrogen-bond acceptors (Lipinski definition) is 2. The maximum absolute atomic E-state index is 13.7. The third-order valence-electron chi connectivity index (χ3n) is 2.62. The number of rotatable bonds is 5. The second kappa shape index (κ2) is 6.92. The Labute approximate surface area is 131 Å². The molecule has 0 bridgehead atoms. The van der Waals surface area contributed by atoms with Gasteiger partial charge in [0.05, 0.1) is 8.26 Å². The minimum Gasteiger partial charge on any atom is -0.312 e. The molecule has 0 aliphatic heterocycles. The lowest BCUT2D eigenvalue weighted by Gasteiger charge is -2.07. The summed E-state index contributed by atoms with van der Waals surface area (Å²) in [6.07, 6.45) is 0.841. The molecule has 0 radical (unpaired) electrons. The normalized spacial score (nSPS) is 10.9. The molecule has 0 aliphatic rings. The van der Waals surface area contributed by atoms with E-state index in [2.05, 4.69) is 37.2 Å². The van der Waals surface area contributed by atoms with Crippen molar-refractivity contribution in [2.45, 2.75) is 13.0 Å². The lowest BCUT2D eigenvalue weighted by Crippen LogP contribution is -2.18. The van der Waals surface area contributed by atoms with Gasteiger partial charge in [0.2, 0.25) is 0 Å². The SMILES string of the molecule is Fc1ccc(Br)c(F)c1CNCCc1ccc(Br)s1. The molecule has 6 heteroatoms. The molecule has 0 aliphatic carbocycles. The predicted octanol–water partition coefficient (Wildman–Crippen LogP) is 4.88. The fourth-order valence-corrected chi connectivity index (χ4v) is 3.50. The molecule has 2 rings (SSSR count). The molecule has 1 heterocycles. The molecule has 1 nitrogen and oxygen atoms in total. The zero-order valence-corrected chi connectivity index (χ0v) is 13.8. The predicted molar refractivity (Wildman–Crippen MR) is 81.5 cm³/mol. The minimum absolute atomic E-state index is 0.0711. The van der Waals surface area contributed by atoms with Crippen LogP contribution >= 0.6 is 43.2 Å². The van der Waals surface area contributed by atoms with Gasteiger partial charge in [-0.05, 0) is 62.5 Å². The number of benzene rings is 1. The molecule has 0 unspecified atom stereocenters. The van der Waals surface area contributed by atoms with Crippen LogP contribution in [0.4, 0.5) is 8.78 Å². The molecule has 1 N–H and O–H groups in total. The highest BCUT2D eigenvalue weighted by Gasteiger charge is 2.11. The van der Waals surface area contributed by atoms with Crippen molar-refractivity contribution in [1.82, 2.24) is 5.32 Å². The number of thiophene rings is 1. The van der Waals surface area contributed by atoms with E-state index in [0.717, 1.165) is 10.2 Å². The molecular weight excluding hydrogens is 400 g/mol. The first-order valence-electron chi connectivity index (χ1n) is 5.65. The summed E-state index contributed by atoms with van der Waals surface area (Å²) in [5.74, 6) is -1.06. The van der Waals surface area contributed by atoms with Crippen LogP contribution in [0, 0.1) is 11.6 Å². The van der Waals surface area contributed by atoms with E-state index in [1.807, 2.05) is 12.1 Å². The number of halogens is 4. The van der Waals surface area contributed by atoms with Gasteiger partial charge in [0, 0.05) is 23.5 Å². The van der Waals surface area contributed by atoms with Gasteiger partial charge in [-0.1, -0.05) is 0 Å². The number of nitrogens with one attached hydrogen (secondary N) is 1. The highest BCUT2D eigenvalue weighted by atomic mass is 79.9. The van der Waals surface area contributed by atoms with Gasteiger partial charge in [-0.3, -0.25) is 0 Å². The molecule has 0 amide bonds. The maximum Gasteiger partial charge on any atom is 0.144 e. The lowest BCUT2D eigenvalue weighted by atomic mass is 10.2. The van der Waals surface area contributed by atoms with Crippen LogP contribution in [0.5, 0.6) is 0 Å². The molecule has 0 saturated heterocycles. The van der Waals surface area contributed by atoms with E-state index in [1.165, 1.54) is 17.0 Å². The Morgan fingerprint density at radius 3 is 2.58 bits per heavy atom. The van der Waals surface area contributed by atoms with E-state index >= 15 is 0 Å². The van der Waals surface area contributed by atoms with Gasteiger partial charge in [-0.2, -0.15) is 0 Å². The minimum atomic E-state index is -0.536. The summed E-state index contributed by atoms with van der Waals surface area (Å²) in [5, 5.41) is 3.06. The Morgan fingerprint density at radius 1 is 1.11 bits per heavy atom. The van der Waals surface area contributed by atoms with E-state index in [4.69, 9.17) is 0 Å². The smallest absolute Gasteiger partial charge is 0.144 e. The second-order valence-electron chi connectivity index (χ2n) is 3.95. The molecule has 102 valence electrons. The van der Waals surface area contributed by atoms with Crippen LogP contribution < -0.4 is 5.32 Å². The second-order valence-corrected chi connectivity index (χ2v) is 7.36. The molecule has 0 fully saturated rings. The Morgan fingerprint density at radius 2 is 1.89 bits per heavy atom. The van der Waals surface area contributed by atoms with Gasteiger partial charge in [-0.25, -0.2) is 8.78 Å². The van der Waals surface area contributed by atoms with Crippen molar-refractivity contribution in [2.75, 3.05) is 6.54 Å². The van der Waals surface area contributed by atoms with Crippen LogP contribution in [-0.2, 0) is 13.0 Å². The van der Waals surface area contributed by atoms with Crippen molar-refractivity contribution in [2.24, 2.45) is 0 Å². The molecule has 0 atom stereocenters. The Hall–Kier alpha value is -0.300. The fraction of sp³-hybridized carbons (Fsp3) is 0.231. The van der Waals surface area contributed by atoms with E-state index in [9.17, 15) is 8.78 Å². The highest BCUT2D eigenvalue weighted by molar-refractivity contribution is 9.11. The van der Waals surface area contributed by atoms with Gasteiger partial charge in [0.25, 0.3) is 0 Å². The summed E-state index contributed by atoms with van der Waals surface area (Å²) < 4.78 is 28.5. The van der Waals surface area contributed by atoms with E-state index in [-0.39, 0.29) is 16.6 Å². The third kappa shape index (κ3) is 4.08. The Balaban J connectivity index is 1.88. The molecule has 0 spiro atoms. The maximum atomic E-state index is 13.7. The summed E-state index contributed by atoms with van der Waals surface area (Å²) in [7, 11) is 0. The van der Waals surface area contributed by atoms with E-state index in [0.29, 0.717) is 6.54 Å². The lowest BCUT2D eigenvalue weighted by molar-refractivity contribution is 0.533. The van der Waals surface area contributed by atoms with Crippen LogP contribution in [0.2, 0.25) is 0 Å². The molecule has 1 aromatic heterocycles. The summed E-state index contributed by atoms with van der Waals surface area (Å²) >= 11 is 8.12. The average Bonchev–Trinajstić information content (AvgIpc) is 2.79. The topological polar surface area (TPSA) is 12.0 Å². The summed E-state index contributed by atoms with van der Waals surface area (Å²) in [4.78, 5) is 1.23. The first-order valence-corrected chi connectivity index (χ1v) is 8.05. The van der Waals surface area contributed by atoms with Gasteiger partial charge >= 0.3 is 0 Å². The van der Waals surface area contributed by atoms with Crippen LogP contribution in [-0.4, -0.2) is 6.54 Å². The van der Waals surface area contributed by atoms with Gasteiger partial charge in [0.1, 0.15) is 11.6 Å². The van der Waals surface area contributed by atoms with Crippen molar-refractivity contribution in [3.63, 3.8) is 0 Å². The van der Waals surface area contributed by atoms with Crippen molar-refractivity contribution in [3.8, 4) is 0 Å². The molecule has 0 saturated carbocycles. The Kier molecular flexibility index (Phi) is 5.50. The van der Waals surface area contributed by atoms with Crippen LogP contribution in [0.3, 0.4) is 0 Å². The van der Waals surface area contributed by atoms with Crippen molar-refractivity contribution in [3.05, 3.63) is 54.6 Å². The van der Waals surface area contributed by atoms with Crippen LogP contribution in [0.1, 0.15) is 10.4 Å². The standard InChI is InChI=1S/C13H11Br2F2NS/c14-10-2-3-11(16)9(13(10)17)7-18-6-5-8-1-4-12(15)19-8/h1-4,18H,5-7H2. The van der Waals surface area contributed by atoms with Crippen LogP contribution in [0.25, 0.3) is 0 Å². The summed E-state index contributed by atoms with van der Waals surface area (Å²) in [6.45, 7) is 0.863. The third-order valence-corrected chi connectivity index (χ3v) is 4.91. The summed E-state index contributed by atoms with van der Waals surface area (Å²) in [5.41, 5.74) is 0.0711. The van der Waals surface area contributed by atoms with E-state index in [1.54, 1.807) is 11.3 Å². The first kappa shape index (κ1) is 15.1. The molecular formula is C13H11Br2F2NS. The summed E-state index contributed by atoms with van der Waals surface area (Å²) in [6, 6.07) is 6.67. The first-order chi connectivity index (χ1) is 9.08. The van der Waals surface area contributed by atoms with Crippen LogP contribution in [0.15, 0.2) is 32.5 Å².